The number of ether oxygens (including phenoxy) is 3. The van der Waals surface area contributed by atoms with E-state index in [0.29, 0.717) is 0 Å². The van der Waals surface area contributed by atoms with Gasteiger partial charge in [-0.25, -0.2) is 24.5 Å². The van der Waals surface area contributed by atoms with E-state index in [1.54, 1.807) is 0 Å². The van der Waals surface area contributed by atoms with E-state index in [1.165, 1.54) is 62.8 Å². The first-order valence-electron chi connectivity index (χ1n) is 12.0. The predicted octanol–water partition coefficient (Wildman–Crippen LogP) is 3.10. The number of nitrogens with zero attached hydrogens (tertiary/aromatic N) is 3. The normalized spacial score (nSPS) is 9.95. The van der Waals surface area contributed by atoms with Gasteiger partial charge in [-0.05, 0) is 29.8 Å². The SMILES string of the molecule is COC(=O)c1cc(OC)cc(NC(=O)c2cccc(NC(=O)c3cccc(NC(=O)OCc4ccccc4)n3)n2)n1.O. The fourth-order valence-corrected chi connectivity index (χ4v) is 3.38. The first-order valence-corrected chi connectivity index (χ1v) is 12.0. The van der Waals surface area contributed by atoms with Gasteiger partial charge in [-0.15, -0.1) is 0 Å². The van der Waals surface area contributed by atoms with Crippen LogP contribution in [0, 0.1) is 0 Å². The van der Waals surface area contributed by atoms with Gasteiger partial charge in [0.15, 0.2) is 5.69 Å². The molecule has 42 heavy (non-hydrogen) atoms. The average Bonchev–Trinajstić information content (AvgIpc) is 3.00. The third kappa shape index (κ3) is 8.30. The van der Waals surface area contributed by atoms with Gasteiger partial charge in [0.1, 0.15) is 41.2 Å². The Morgan fingerprint density at radius 2 is 1.24 bits per heavy atom. The smallest absolute Gasteiger partial charge is 0.413 e. The van der Waals surface area contributed by atoms with Gasteiger partial charge in [0, 0.05) is 12.1 Å². The molecular weight excluding hydrogens is 548 g/mol. The zero-order valence-electron chi connectivity index (χ0n) is 22.4. The molecular formula is C28H26N6O8. The van der Waals surface area contributed by atoms with Crippen LogP contribution >= 0.6 is 0 Å². The second-order valence-corrected chi connectivity index (χ2v) is 8.18. The molecule has 3 amide bonds. The number of anilines is 3. The number of hydrogen-bond acceptors (Lipinski definition) is 10. The number of rotatable bonds is 9. The van der Waals surface area contributed by atoms with Gasteiger partial charge in [0.05, 0.1) is 14.2 Å². The van der Waals surface area contributed by atoms with Crippen LogP contribution in [-0.2, 0) is 16.1 Å². The van der Waals surface area contributed by atoms with Crippen molar-refractivity contribution in [2.45, 2.75) is 6.61 Å². The predicted molar refractivity (Wildman–Crippen MR) is 150 cm³/mol. The van der Waals surface area contributed by atoms with Crippen LogP contribution in [0.25, 0.3) is 0 Å². The van der Waals surface area contributed by atoms with Crippen molar-refractivity contribution in [3.05, 3.63) is 102 Å². The second kappa shape index (κ2) is 14.5. The number of nitrogens with one attached hydrogen (secondary N) is 3. The highest BCUT2D eigenvalue weighted by atomic mass is 16.5. The molecule has 216 valence electrons. The topological polar surface area (TPSA) is 202 Å². The number of pyridine rings is 3. The van der Waals surface area contributed by atoms with E-state index in [1.807, 2.05) is 30.3 Å². The molecule has 0 aliphatic carbocycles. The molecule has 0 atom stereocenters. The molecule has 5 N–H and O–H groups in total. The standard InChI is InChI=1S/C28H24N6O7.H2O/c1-39-18-14-21(27(37)40-2)31-24(15-18)33-26(36)20-10-6-12-22(29-20)32-25(35)19-11-7-13-23(30-19)34-28(38)41-16-17-8-4-3-5-9-17;/h3-15H,16H2,1-2H3,(H,29,32,35)(H,30,34,38)(H,31,33,36);1H2. The van der Waals surface area contributed by atoms with E-state index in [2.05, 4.69) is 35.6 Å². The van der Waals surface area contributed by atoms with Crippen molar-refractivity contribution in [1.82, 2.24) is 15.0 Å². The summed E-state index contributed by atoms with van der Waals surface area (Å²) < 4.78 is 15.0. The van der Waals surface area contributed by atoms with Gasteiger partial charge < -0.3 is 30.3 Å². The molecule has 0 saturated carbocycles. The zero-order chi connectivity index (χ0) is 29.2. The fourth-order valence-electron chi connectivity index (χ4n) is 3.38. The molecule has 0 aliphatic heterocycles. The van der Waals surface area contributed by atoms with Crippen molar-refractivity contribution in [3.8, 4) is 5.75 Å². The highest BCUT2D eigenvalue weighted by Gasteiger charge is 2.16. The molecule has 4 aromatic rings. The average molecular weight is 575 g/mol. The van der Waals surface area contributed by atoms with Gasteiger partial charge in [-0.3, -0.25) is 14.9 Å². The number of methoxy groups -OCH3 is 2. The number of benzene rings is 1. The lowest BCUT2D eigenvalue weighted by Crippen LogP contribution is -2.19. The minimum Gasteiger partial charge on any atom is -0.497 e. The van der Waals surface area contributed by atoms with Crippen LogP contribution < -0.4 is 20.7 Å². The van der Waals surface area contributed by atoms with Crippen LogP contribution in [-0.4, -0.2) is 58.5 Å². The summed E-state index contributed by atoms with van der Waals surface area (Å²) in [6, 6.07) is 20.8. The number of esters is 1. The van der Waals surface area contributed by atoms with Crippen molar-refractivity contribution < 1.29 is 38.9 Å². The molecule has 14 heteroatoms. The first kappa shape index (κ1) is 30.6. The molecule has 0 saturated heterocycles. The van der Waals surface area contributed by atoms with Crippen molar-refractivity contribution in [2.24, 2.45) is 0 Å². The summed E-state index contributed by atoms with van der Waals surface area (Å²) in [5.41, 5.74) is 0.692. The third-order valence-electron chi connectivity index (χ3n) is 5.32. The van der Waals surface area contributed by atoms with E-state index >= 15 is 0 Å². The van der Waals surface area contributed by atoms with Crippen LogP contribution in [0.5, 0.6) is 5.75 Å². The van der Waals surface area contributed by atoms with Crippen molar-refractivity contribution >= 4 is 41.3 Å². The van der Waals surface area contributed by atoms with E-state index in [0.717, 1.165) is 5.56 Å². The Bertz CT molecular complexity index is 1580. The summed E-state index contributed by atoms with van der Waals surface area (Å²) in [7, 11) is 2.60. The Morgan fingerprint density at radius 1 is 0.667 bits per heavy atom. The maximum absolute atomic E-state index is 12.8. The maximum Gasteiger partial charge on any atom is 0.413 e. The van der Waals surface area contributed by atoms with Crippen LogP contribution in [0.3, 0.4) is 0 Å². The molecule has 4 rings (SSSR count). The Labute approximate surface area is 239 Å². The Morgan fingerprint density at radius 3 is 1.83 bits per heavy atom. The summed E-state index contributed by atoms with van der Waals surface area (Å²) in [4.78, 5) is 62.0. The van der Waals surface area contributed by atoms with Crippen LogP contribution in [0.15, 0.2) is 78.9 Å². The van der Waals surface area contributed by atoms with Gasteiger partial charge in [0.2, 0.25) is 0 Å². The molecule has 0 radical (unpaired) electrons. The minimum atomic E-state index is -0.733. The monoisotopic (exact) mass is 574 g/mol. The zero-order valence-corrected chi connectivity index (χ0v) is 22.4. The molecule has 0 spiro atoms. The number of carbonyl (C=O) groups excluding carboxylic acids is 4. The van der Waals surface area contributed by atoms with Crippen LogP contribution in [0.1, 0.15) is 37.0 Å². The molecule has 0 unspecified atom stereocenters. The van der Waals surface area contributed by atoms with E-state index < -0.39 is 23.9 Å². The molecule has 0 bridgehead atoms. The van der Waals surface area contributed by atoms with E-state index in [4.69, 9.17) is 9.47 Å². The third-order valence-corrected chi connectivity index (χ3v) is 5.32. The number of aromatic nitrogens is 3. The van der Waals surface area contributed by atoms with Crippen molar-refractivity contribution in [3.63, 3.8) is 0 Å². The molecule has 14 nitrogen and oxygen atoms in total. The lowest BCUT2D eigenvalue weighted by Gasteiger charge is -2.10. The Hall–Kier alpha value is -5.89. The Kier molecular flexibility index (Phi) is 10.6. The number of hydrogen-bond donors (Lipinski definition) is 3. The molecule has 3 heterocycles. The van der Waals surface area contributed by atoms with Crippen molar-refractivity contribution in [1.29, 1.82) is 0 Å². The fraction of sp³-hybridized carbons (Fsp3) is 0.107. The van der Waals surface area contributed by atoms with Crippen LogP contribution in [0.2, 0.25) is 0 Å². The van der Waals surface area contributed by atoms with Gasteiger partial charge >= 0.3 is 12.1 Å². The van der Waals surface area contributed by atoms with Crippen molar-refractivity contribution in [2.75, 3.05) is 30.2 Å². The van der Waals surface area contributed by atoms with Crippen LogP contribution in [0.4, 0.5) is 22.2 Å². The summed E-state index contributed by atoms with van der Waals surface area (Å²) in [5.74, 6) is -1.52. The first-order chi connectivity index (χ1) is 19.8. The van der Waals surface area contributed by atoms with Gasteiger partial charge in [0.25, 0.3) is 11.8 Å². The lowest BCUT2D eigenvalue weighted by molar-refractivity contribution is 0.0593. The van der Waals surface area contributed by atoms with E-state index in [-0.39, 0.29) is 52.4 Å². The minimum absolute atomic E-state index is 0. The highest BCUT2D eigenvalue weighted by Crippen LogP contribution is 2.19. The maximum atomic E-state index is 12.8. The summed E-state index contributed by atoms with van der Waals surface area (Å²) in [6.45, 7) is 0.0722. The number of amides is 3. The number of carbonyl (C=O) groups is 4. The summed E-state index contributed by atoms with van der Waals surface area (Å²) in [5, 5.41) is 7.57. The Balaban J connectivity index is 0.00000484. The molecule has 1 aromatic carbocycles. The van der Waals surface area contributed by atoms with Gasteiger partial charge in [-0.1, -0.05) is 42.5 Å². The molecule has 0 fully saturated rings. The summed E-state index contributed by atoms with van der Waals surface area (Å²) >= 11 is 0. The van der Waals surface area contributed by atoms with Gasteiger partial charge in [-0.2, -0.15) is 0 Å². The largest absolute Gasteiger partial charge is 0.497 e. The second-order valence-electron chi connectivity index (χ2n) is 8.18. The highest BCUT2D eigenvalue weighted by molar-refractivity contribution is 6.05. The summed E-state index contributed by atoms with van der Waals surface area (Å²) in [6.07, 6.45) is -0.733. The lowest BCUT2D eigenvalue weighted by atomic mass is 10.2. The molecule has 3 aromatic heterocycles. The quantitative estimate of drug-likeness (QED) is 0.249. The van der Waals surface area contributed by atoms with E-state index in [9.17, 15) is 19.2 Å². The molecule has 0 aliphatic rings.